The zero-order valence-electron chi connectivity index (χ0n) is 7.71. The quantitative estimate of drug-likeness (QED) is 0.707. The van der Waals surface area contributed by atoms with Crippen molar-refractivity contribution >= 4 is 17.3 Å². The van der Waals surface area contributed by atoms with E-state index in [1.54, 1.807) is 12.3 Å². The zero-order chi connectivity index (χ0) is 10.1. The number of nitrogens with zero attached hydrogens (tertiary/aromatic N) is 1. The molecule has 1 aromatic heterocycles. The number of aromatic nitrogens is 2. The molecule has 0 saturated carbocycles. The van der Waals surface area contributed by atoms with E-state index in [0.29, 0.717) is 10.7 Å². The topological polar surface area (TPSA) is 54.7 Å². The molecule has 1 heterocycles. The Morgan fingerprint density at radius 1 is 1.43 bits per heavy atom. The molecule has 0 aliphatic heterocycles. The van der Waals surface area contributed by atoms with Crippen molar-refractivity contribution in [3.8, 4) is 11.3 Å². The zero-order valence-corrected chi connectivity index (χ0v) is 8.47. The molecule has 0 fully saturated rings. The smallest absolute Gasteiger partial charge is 0.103 e. The summed E-state index contributed by atoms with van der Waals surface area (Å²) in [5, 5.41) is 0.574. The highest BCUT2D eigenvalue weighted by molar-refractivity contribution is 6.33. The van der Waals surface area contributed by atoms with Crippen LogP contribution in [0.2, 0.25) is 5.02 Å². The summed E-state index contributed by atoms with van der Waals surface area (Å²) in [4.78, 5) is 7.24. The Bertz CT molecular complexity index is 462. The molecule has 0 unspecified atom stereocenters. The highest BCUT2D eigenvalue weighted by Crippen LogP contribution is 2.25. The third kappa shape index (κ3) is 1.59. The van der Waals surface area contributed by atoms with Gasteiger partial charge in [0.2, 0.25) is 0 Å². The molecule has 0 amide bonds. The lowest BCUT2D eigenvalue weighted by Gasteiger charge is -2.01. The number of halogens is 1. The summed E-state index contributed by atoms with van der Waals surface area (Å²) in [6.07, 6.45) is 1.78. The van der Waals surface area contributed by atoms with E-state index in [-0.39, 0.29) is 0 Å². The van der Waals surface area contributed by atoms with Crippen molar-refractivity contribution in [3.05, 3.63) is 35.2 Å². The van der Waals surface area contributed by atoms with E-state index in [1.807, 2.05) is 19.1 Å². The number of benzene rings is 1. The van der Waals surface area contributed by atoms with Gasteiger partial charge in [0, 0.05) is 5.56 Å². The summed E-state index contributed by atoms with van der Waals surface area (Å²) in [6.45, 7) is 1.91. The summed E-state index contributed by atoms with van der Waals surface area (Å²) in [5.74, 6) is 0.883. The van der Waals surface area contributed by atoms with Gasteiger partial charge >= 0.3 is 0 Å². The van der Waals surface area contributed by atoms with Crippen molar-refractivity contribution in [2.75, 3.05) is 5.73 Å². The van der Waals surface area contributed by atoms with Gasteiger partial charge in [-0.15, -0.1) is 0 Å². The average molecular weight is 208 g/mol. The van der Waals surface area contributed by atoms with Crippen molar-refractivity contribution < 1.29 is 0 Å². The number of aromatic amines is 1. The summed E-state index contributed by atoms with van der Waals surface area (Å²) < 4.78 is 0. The Morgan fingerprint density at radius 3 is 2.79 bits per heavy atom. The van der Waals surface area contributed by atoms with E-state index in [2.05, 4.69) is 9.97 Å². The molecule has 14 heavy (non-hydrogen) atoms. The normalized spacial score (nSPS) is 10.4. The monoisotopic (exact) mass is 207 g/mol. The molecule has 1 aromatic carbocycles. The first-order valence-corrected chi connectivity index (χ1v) is 4.61. The van der Waals surface area contributed by atoms with E-state index in [0.717, 1.165) is 17.1 Å². The lowest BCUT2D eigenvalue weighted by atomic mass is 10.1. The van der Waals surface area contributed by atoms with E-state index < -0.39 is 0 Å². The van der Waals surface area contributed by atoms with Gasteiger partial charge in [-0.2, -0.15) is 0 Å². The maximum Gasteiger partial charge on any atom is 0.103 e. The molecule has 72 valence electrons. The molecule has 0 radical (unpaired) electrons. The number of imidazole rings is 1. The van der Waals surface area contributed by atoms with Gasteiger partial charge in [-0.05, 0) is 19.1 Å². The van der Waals surface area contributed by atoms with Crippen molar-refractivity contribution in [1.82, 2.24) is 9.97 Å². The van der Waals surface area contributed by atoms with E-state index in [4.69, 9.17) is 17.3 Å². The minimum Gasteiger partial charge on any atom is -0.398 e. The molecule has 3 N–H and O–H groups in total. The number of hydrogen-bond donors (Lipinski definition) is 2. The van der Waals surface area contributed by atoms with E-state index >= 15 is 0 Å². The van der Waals surface area contributed by atoms with Crippen LogP contribution >= 0.6 is 11.6 Å². The molecule has 4 heteroatoms. The van der Waals surface area contributed by atoms with Crippen LogP contribution in [0.1, 0.15) is 5.82 Å². The Balaban J connectivity index is 2.47. The number of anilines is 1. The fourth-order valence-corrected chi connectivity index (χ4v) is 1.40. The van der Waals surface area contributed by atoms with Gasteiger partial charge in [0.05, 0.1) is 22.6 Å². The molecule has 0 saturated heterocycles. The van der Waals surface area contributed by atoms with Crippen LogP contribution < -0.4 is 5.73 Å². The maximum atomic E-state index is 5.82. The van der Waals surface area contributed by atoms with Crippen LogP contribution in [0.5, 0.6) is 0 Å². The number of aryl methyl sites for hydroxylation is 1. The van der Waals surface area contributed by atoms with Gasteiger partial charge in [0.15, 0.2) is 0 Å². The summed E-state index contributed by atoms with van der Waals surface area (Å²) in [5.41, 5.74) is 8.22. The van der Waals surface area contributed by atoms with Crippen LogP contribution in [0.3, 0.4) is 0 Å². The van der Waals surface area contributed by atoms with Gasteiger partial charge in [-0.25, -0.2) is 4.98 Å². The molecule has 0 aliphatic rings. The van der Waals surface area contributed by atoms with Crippen LogP contribution in [-0.4, -0.2) is 9.97 Å². The van der Waals surface area contributed by atoms with Crippen LogP contribution in [-0.2, 0) is 0 Å². The molecular weight excluding hydrogens is 198 g/mol. The van der Waals surface area contributed by atoms with Crippen LogP contribution in [0.4, 0.5) is 5.69 Å². The molecule has 2 rings (SSSR count). The second kappa shape index (κ2) is 3.35. The summed E-state index contributed by atoms with van der Waals surface area (Å²) >= 11 is 5.82. The third-order valence-corrected chi connectivity index (χ3v) is 2.35. The summed E-state index contributed by atoms with van der Waals surface area (Å²) in [6, 6.07) is 5.52. The number of rotatable bonds is 1. The largest absolute Gasteiger partial charge is 0.398 e. The Labute approximate surface area is 86.9 Å². The molecule has 0 bridgehead atoms. The Hall–Kier alpha value is -1.48. The predicted octanol–water partition coefficient (Wildman–Crippen LogP) is 2.62. The van der Waals surface area contributed by atoms with Crippen LogP contribution in [0.25, 0.3) is 11.3 Å². The van der Waals surface area contributed by atoms with Gasteiger partial charge in [-0.3, -0.25) is 0 Å². The number of nitrogens with two attached hydrogens (primary N) is 1. The molecule has 2 aromatic rings. The molecular formula is C10H10ClN3. The van der Waals surface area contributed by atoms with Crippen molar-refractivity contribution in [3.63, 3.8) is 0 Å². The van der Waals surface area contributed by atoms with Crippen molar-refractivity contribution in [2.24, 2.45) is 0 Å². The fraction of sp³-hybridized carbons (Fsp3) is 0.100. The summed E-state index contributed by atoms with van der Waals surface area (Å²) in [7, 11) is 0. The second-order valence-corrected chi connectivity index (χ2v) is 3.53. The van der Waals surface area contributed by atoms with E-state index in [1.165, 1.54) is 0 Å². The minimum atomic E-state index is 0.574. The Kier molecular flexibility index (Phi) is 2.17. The van der Waals surface area contributed by atoms with Gasteiger partial charge < -0.3 is 10.7 Å². The van der Waals surface area contributed by atoms with Gasteiger partial charge in [0.1, 0.15) is 5.82 Å². The predicted molar refractivity (Wildman–Crippen MR) is 58.2 cm³/mol. The first-order chi connectivity index (χ1) is 6.66. The standard InChI is InChI=1S/C10H10ClN3/c1-6-13-5-10(14-6)7-2-3-8(11)9(12)4-7/h2-5H,12H2,1H3,(H,13,14). The Morgan fingerprint density at radius 2 is 2.21 bits per heavy atom. The number of nitrogens with one attached hydrogen (secondary N) is 1. The highest BCUT2D eigenvalue weighted by atomic mass is 35.5. The minimum absolute atomic E-state index is 0.574. The lowest BCUT2D eigenvalue weighted by Crippen LogP contribution is -1.87. The second-order valence-electron chi connectivity index (χ2n) is 3.12. The van der Waals surface area contributed by atoms with E-state index in [9.17, 15) is 0 Å². The maximum absolute atomic E-state index is 5.82. The van der Waals surface area contributed by atoms with Crippen molar-refractivity contribution in [1.29, 1.82) is 0 Å². The molecule has 3 nitrogen and oxygen atoms in total. The van der Waals surface area contributed by atoms with Crippen molar-refractivity contribution in [2.45, 2.75) is 6.92 Å². The number of H-pyrrole nitrogens is 1. The number of nitrogen functional groups attached to an aromatic ring is 1. The molecule has 0 atom stereocenters. The molecule has 0 spiro atoms. The molecule has 0 aliphatic carbocycles. The first kappa shape index (κ1) is 9.09. The van der Waals surface area contributed by atoms with Gasteiger partial charge in [-0.1, -0.05) is 17.7 Å². The first-order valence-electron chi connectivity index (χ1n) is 4.24. The lowest BCUT2D eigenvalue weighted by molar-refractivity contribution is 1.15. The SMILES string of the molecule is Cc1ncc(-c2ccc(Cl)c(N)c2)[nH]1. The van der Waals surface area contributed by atoms with Crippen LogP contribution in [0.15, 0.2) is 24.4 Å². The average Bonchev–Trinajstić information content (AvgIpc) is 2.57. The van der Waals surface area contributed by atoms with Gasteiger partial charge in [0.25, 0.3) is 0 Å². The third-order valence-electron chi connectivity index (χ3n) is 2.01. The highest BCUT2D eigenvalue weighted by Gasteiger charge is 2.02. The van der Waals surface area contributed by atoms with Crippen LogP contribution in [0, 0.1) is 6.92 Å². The number of hydrogen-bond acceptors (Lipinski definition) is 2. The fourth-order valence-electron chi connectivity index (χ4n) is 1.28.